The number of amides is 1. The highest BCUT2D eigenvalue weighted by Crippen LogP contribution is 2.27. The van der Waals surface area contributed by atoms with Crippen LogP contribution in [0.25, 0.3) is 17.2 Å². The summed E-state index contributed by atoms with van der Waals surface area (Å²) in [6.45, 7) is 2.06. The van der Waals surface area contributed by atoms with Crippen molar-refractivity contribution in [3.8, 4) is 16.9 Å². The average molecular weight is 437 g/mol. The molecule has 0 aliphatic carbocycles. The fourth-order valence-corrected chi connectivity index (χ4v) is 3.45. The van der Waals surface area contributed by atoms with Crippen molar-refractivity contribution in [2.24, 2.45) is 0 Å². The van der Waals surface area contributed by atoms with Crippen molar-refractivity contribution in [2.45, 2.75) is 13.0 Å². The average Bonchev–Trinajstić information content (AvgIpc) is 2.84. The molecule has 33 heavy (non-hydrogen) atoms. The minimum Gasteiger partial charge on any atom is -0.506 e. The maximum absolute atomic E-state index is 12.4. The number of benzene rings is 3. The zero-order chi connectivity index (χ0) is 23.2. The van der Waals surface area contributed by atoms with Gasteiger partial charge in [-0.05, 0) is 65.6 Å². The summed E-state index contributed by atoms with van der Waals surface area (Å²) < 4.78 is 0. The van der Waals surface area contributed by atoms with Crippen LogP contribution in [-0.2, 0) is 4.79 Å². The van der Waals surface area contributed by atoms with E-state index in [1.165, 1.54) is 23.9 Å². The summed E-state index contributed by atoms with van der Waals surface area (Å²) in [4.78, 5) is 16.4. The summed E-state index contributed by atoms with van der Waals surface area (Å²) in [6.07, 6.45) is 3.71. The van der Waals surface area contributed by atoms with Crippen LogP contribution in [-0.4, -0.2) is 21.1 Å². The van der Waals surface area contributed by atoms with Gasteiger partial charge in [-0.3, -0.25) is 9.78 Å². The van der Waals surface area contributed by atoms with E-state index in [9.17, 15) is 15.0 Å². The number of carbonyl (C=O) groups excluding carboxylic acids is 1. The first-order chi connectivity index (χ1) is 16.0. The third kappa shape index (κ3) is 5.53. The molecule has 1 unspecified atom stereocenters. The summed E-state index contributed by atoms with van der Waals surface area (Å²) in [5.41, 5.74) is 5.70. The van der Waals surface area contributed by atoms with Gasteiger partial charge in [-0.2, -0.15) is 0 Å². The maximum atomic E-state index is 12.4. The second-order valence-electron chi connectivity index (χ2n) is 7.75. The quantitative estimate of drug-likeness (QED) is 0.349. The van der Waals surface area contributed by atoms with E-state index >= 15 is 0 Å². The van der Waals surface area contributed by atoms with E-state index in [0.29, 0.717) is 11.3 Å². The first kappa shape index (κ1) is 22.0. The number of pyridine rings is 1. The molecule has 0 radical (unpaired) electrons. The van der Waals surface area contributed by atoms with Crippen molar-refractivity contribution < 1.29 is 15.0 Å². The minimum atomic E-state index is -1.06. The molecule has 1 atom stereocenters. The van der Waals surface area contributed by atoms with Gasteiger partial charge in [0, 0.05) is 18.0 Å². The molecular weight excluding hydrogens is 412 g/mol. The Morgan fingerprint density at radius 1 is 0.939 bits per heavy atom. The van der Waals surface area contributed by atoms with E-state index in [2.05, 4.69) is 41.5 Å². The van der Waals surface area contributed by atoms with Crippen LogP contribution in [0.3, 0.4) is 0 Å². The number of anilines is 1. The molecule has 0 saturated heterocycles. The summed E-state index contributed by atoms with van der Waals surface area (Å²) in [7, 11) is 0. The summed E-state index contributed by atoms with van der Waals surface area (Å²) in [5, 5.41) is 23.1. The lowest BCUT2D eigenvalue weighted by molar-refractivity contribution is -0.111. The fourth-order valence-electron chi connectivity index (χ4n) is 3.45. The second-order valence-corrected chi connectivity index (χ2v) is 7.75. The van der Waals surface area contributed by atoms with Crippen LogP contribution in [0, 0.1) is 6.92 Å². The number of nitrogens with one attached hydrogen (secondary N) is 1. The Kier molecular flexibility index (Phi) is 6.62. The summed E-state index contributed by atoms with van der Waals surface area (Å²) in [6, 6.07) is 26.2. The van der Waals surface area contributed by atoms with Crippen LogP contribution in [0.1, 0.15) is 28.5 Å². The molecule has 3 N–H and O–H groups in total. The van der Waals surface area contributed by atoms with Gasteiger partial charge < -0.3 is 15.5 Å². The van der Waals surface area contributed by atoms with Crippen LogP contribution < -0.4 is 5.32 Å². The number of hydrogen-bond acceptors (Lipinski definition) is 4. The Morgan fingerprint density at radius 3 is 2.42 bits per heavy atom. The standard InChI is InChI=1S/C28H24N2O3/c1-19-7-10-21(11-8-19)23-5-2-4-20(18-23)9-16-26(32)30-24-14-12-22(13-15-24)28(33)27-25(31)6-3-17-29-27/h2-18,28,31,33H,1H3,(H,30,32)/b16-9+. The van der Waals surface area contributed by atoms with Crippen molar-refractivity contribution in [1.82, 2.24) is 4.98 Å². The Balaban J connectivity index is 1.40. The molecule has 4 aromatic rings. The molecular formula is C28H24N2O3. The Hall–Kier alpha value is -4.22. The van der Waals surface area contributed by atoms with Crippen LogP contribution in [0.5, 0.6) is 5.75 Å². The first-order valence-electron chi connectivity index (χ1n) is 10.6. The molecule has 3 aromatic carbocycles. The van der Waals surface area contributed by atoms with Crippen LogP contribution in [0.2, 0.25) is 0 Å². The highest BCUT2D eigenvalue weighted by molar-refractivity contribution is 6.02. The Morgan fingerprint density at radius 2 is 1.70 bits per heavy atom. The molecule has 164 valence electrons. The van der Waals surface area contributed by atoms with Gasteiger partial charge in [0.2, 0.25) is 5.91 Å². The number of carbonyl (C=O) groups is 1. The van der Waals surface area contributed by atoms with Crippen molar-refractivity contribution in [1.29, 1.82) is 0 Å². The number of aromatic nitrogens is 1. The van der Waals surface area contributed by atoms with Gasteiger partial charge in [-0.15, -0.1) is 0 Å². The fraction of sp³-hybridized carbons (Fsp3) is 0.0714. The minimum absolute atomic E-state index is 0.0704. The van der Waals surface area contributed by atoms with Gasteiger partial charge >= 0.3 is 0 Å². The molecule has 0 bridgehead atoms. The van der Waals surface area contributed by atoms with E-state index < -0.39 is 6.10 Å². The number of aryl methyl sites for hydroxylation is 1. The predicted molar refractivity (Wildman–Crippen MR) is 131 cm³/mol. The smallest absolute Gasteiger partial charge is 0.248 e. The van der Waals surface area contributed by atoms with E-state index in [4.69, 9.17) is 0 Å². The Labute approximate surface area is 192 Å². The van der Waals surface area contributed by atoms with Gasteiger partial charge in [-0.25, -0.2) is 0 Å². The largest absolute Gasteiger partial charge is 0.506 e. The van der Waals surface area contributed by atoms with Gasteiger partial charge in [0.25, 0.3) is 0 Å². The highest BCUT2D eigenvalue weighted by Gasteiger charge is 2.15. The number of aromatic hydroxyl groups is 1. The lowest BCUT2D eigenvalue weighted by Crippen LogP contribution is -2.08. The van der Waals surface area contributed by atoms with Crippen molar-refractivity contribution in [2.75, 3.05) is 5.32 Å². The van der Waals surface area contributed by atoms with E-state index in [1.54, 1.807) is 36.4 Å². The van der Waals surface area contributed by atoms with Crippen LogP contribution >= 0.6 is 0 Å². The molecule has 5 nitrogen and oxygen atoms in total. The molecule has 1 aromatic heterocycles. The third-order valence-corrected chi connectivity index (χ3v) is 5.27. The van der Waals surface area contributed by atoms with Crippen molar-refractivity contribution in [3.63, 3.8) is 0 Å². The molecule has 1 heterocycles. The molecule has 5 heteroatoms. The number of nitrogens with zero attached hydrogens (tertiary/aromatic N) is 1. The third-order valence-electron chi connectivity index (χ3n) is 5.27. The Bertz CT molecular complexity index is 1280. The van der Waals surface area contributed by atoms with E-state index in [1.807, 2.05) is 24.3 Å². The summed E-state index contributed by atoms with van der Waals surface area (Å²) in [5.74, 6) is -0.328. The monoisotopic (exact) mass is 436 g/mol. The highest BCUT2D eigenvalue weighted by atomic mass is 16.3. The van der Waals surface area contributed by atoms with Gasteiger partial charge in [0.05, 0.1) is 0 Å². The normalized spacial score (nSPS) is 11.9. The molecule has 0 fully saturated rings. The molecule has 0 saturated carbocycles. The van der Waals surface area contributed by atoms with E-state index in [0.717, 1.165) is 16.7 Å². The zero-order valence-corrected chi connectivity index (χ0v) is 18.1. The second kappa shape index (κ2) is 9.94. The topological polar surface area (TPSA) is 82.5 Å². The van der Waals surface area contributed by atoms with E-state index in [-0.39, 0.29) is 17.4 Å². The number of aliphatic hydroxyl groups is 1. The lowest BCUT2D eigenvalue weighted by Gasteiger charge is -2.12. The van der Waals surface area contributed by atoms with Crippen LogP contribution in [0.4, 0.5) is 5.69 Å². The van der Waals surface area contributed by atoms with Crippen molar-refractivity contribution >= 4 is 17.7 Å². The maximum Gasteiger partial charge on any atom is 0.248 e. The van der Waals surface area contributed by atoms with Crippen molar-refractivity contribution in [3.05, 3.63) is 120 Å². The predicted octanol–water partition coefficient (Wildman–Crippen LogP) is 5.50. The molecule has 4 rings (SSSR count). The van der Waals surface area contributed by atoms with Gasteiger partial charge in [-0.1, -0.05) is 60.2 Å². The number of hydrogen-bond donors (Lipinski definition) is 3. The number of rotatable bonds is 6. The molecule has 0 aliphatic rings. The van der Waals surface area contributed by atoms with Gasteiger partial charge in [0.15, 0.2) is 0 Å². The summed E-state index contributed by atoms with van der Waals surface area (Å²) >= 11 is 0. The molecule has 0 aliphatic heterocycles. The lowest BCUT2D eigenvalue weighted by atomic mass is 10.0. The molecule has 1 amide bonds. The molecule has 0 spiro atoms. The first-order valence-corrected chi connectivity index (χ1v) is 10.6. The van der Waals surface area contributed by atoms with Gasteiger partial charge in [0.1, 0.15) is 17.5 Å². The SMILES string of the molecule is Cc1ccc(-c2cccc(/C=C/C(=O)Nc3ccc(C(O)c4ncccc4O)cc3)c2)cc1. The van der Waals surface area contributed by atoms with Crippen LogP contribution in [0.15, 0.2) is 97.2 Å². The zero-order valence-electron chi connectivity index (χ0n) is 18.1. The number of aliphatic hydroxyl groups excluding tert-OH is 1.